The van der Waals surface area contributed by atoms with E-state index < -0.39 is 0 Å². The van der Waals surface area contributed by atoms with E-state index in [0.29, 0.717) is 15.5 Å². The molecule has 0 unspecified atom stereocenters. The van der Waals surface area contributed by atoms with Gasteiger partial charge in [-0.15, -0.1) is 0 Å². The largest absolute Gasteiger partial charge is 0.444 e. The van der Waals surface area contributed by atoms with Gasteiger partial charge < -0.3 is 9.73 Å². The third kappa shape index (κ3) is 2.87. The van der Waals surface area contributed by atoms with Crippen molar-refractivity contribution in [2.75, 3.05) is 5.32 Å². The predicted octanol–water partition coefficient (Wildman–Crippen LogP) is 4.88. The zero-order valence-electron chi connectivity index (χ0n) is 12.3. The third-order valence-corrected chi connectivity index (χ3v) is 5.30. The van der Waals surface area contributed by atoms with Crippen LogP contribution >= 0.6 is 39.3 Å². The van der Waals surface area contributed by atoms with Crippen LogP contribution in [-0.4, -0.2) is 15.7 Å². The van der Waals surface area contributed by atoms with Crippen molar-refractivity contribution in [1.82, 2.24) is 9.78 Å². The van der Waals surface area contributed by atoms with Gasteiger partial charge in [0, 0.05) is 22.1 Å². The normalized spacial score (nSPS) is 13.1. The van der Waals surface area contributed by atoms with Crippen LogP contribution in [-0.2, 0) is 11.5 Å². The van der Waals surface area contributed by atoms with Crippen LogP contribution in [0.1, 0.15) is 21.8 Å². The molecule has 1 amide bonds. The minimum atomic E-state index is -0.310. The van der Waals surface area contributed by atoms with E-state index in [0.717, 1.165) is 28.5 Å². The Morgan fingerprint density at radius 3 is 2.75 bits per heavy atom. The number of benzene rings is 1. The highest BCUT2D eigenvalue weighted by Gasteiger charge is 2.25. The Bertz CT molecular complexity index is 920. The van der Waals surface area contributed by atoms with E-state index in [1.54, 1.807) is 40.7 Å². The van der Waals surface area contributed by atoms with Crippen LogP contribution in [0.2, 0.25) is 5.02 Å². The number of amides is 1. The lowest BCUT2D eigenvalue weighted by atomic mass is 10.2. The summed E-state index contributed by atoms with van der Waals surface area (Å²) in [4.78, 5) is 12.5. The van der Waals surface area contributed by atoms with Crippen LogP contribution in [0.4, 0.5) is 5.82 Å². The number of nitrogens with zero attached hydrogens (tertiary/aromatic N) is 2. The van der Waals surface area contributed by atoms with E-state index in [2.05, 4.69) is 26.3 Å². The number of fused-ring (bicyclic) bond motifs is 1. The summed E-state index contributed by atoms with van der Waals surface area (Å²) in [5.41, 5.74) is 2.88. The van der Waals surface area contributed by atoms with E-state index >= 15 is 0 Å². The van der Waals surface area contributed by atoms with E-state index in [1.165, 1.54) is 0 Å². The fraction of sp³-hybridized carbons (Fsp3) is 0.125. The molecular formula is C16H11BrClN3O2S. The van der Waals surface area contributed by atoms with Gasteiger partial charge in [-0.2, -0.15) is 16.9 Å². The Morgan fingerprint density at radius 1 is 1.25 bits per heavy atom. The number of halogens is 2. The molecule has 0 saturated carbocycles. The molecule has 2 aromatic heterocycles. The zero-order valence-corrected chi connectivity index (χ0v) is 15.4. The lowest BCUT2D eigenvalue weighted by Crippen LogP contribution is -2.15. The SMILES string of the molecule is O=C(Nc1c2c(nn1-c1ccc(Cl)cc1)CSC2)c1ccc(Br)o1. The van der Waals surface area contributed by atoms with E-state index in [-0.39, 0.29) is 11.7 Å². The summed E-state index contributed by atoms with van der Waals surface area (Å²) in [5.74, 6) is 2.27. The first-order chi connectivity index (χ1) is 11.6. The zero-order chi connectivity index (χ0) is 16.7. The molecule has 1 N–H and O–H groups in total. The van der Waals surface area contributed by atoms with Crippen molar-refractivity contribution in [1.29, 1.82) is 0 Å². The first-order valence-electron chi connectivity index (χ1n) is 7.13. The lowest BCUT2D eigenvalue weighted by Gasteiger charge is -2.10. The standard InChI is InChI=1S/C16H11BrClN3O2S/c17-14-6-5-13(23-14)16(22)19-15-11-7-24-8-12(11)20-21(15)10-3-1-9(18)2-4-10/h1-6H,7-8H2,(H,19,22). The molecule has 3 heterocycles. The van der Waals surface area contributed by atoms with Crippen LogP contribution in [0.5, 0.6) is 0 Å². The van der Waals surface area contributed by atoms with Gasteiger partial charge in [0.2, 0.25) is 0 Å². The van der Waals surface area contributed by atoms with E-state index in [1.807, 2.05) is 12.1 Å². The van der Waals surface area contributed by atoms with E-state index in [4.69, 9.17) is 16.0 Å². The van der Waals surface area contributed by atoms with Gasteiger partial charge in [0.1, 0.15) is 5.82 Å². The van der Waals surface area contributed by atoms with Crippen LogP contribution in [0.15, 0.2) is 45.5 Å². The maximum Gasteiger partial charge on any atom is 0.292 e. The molecule has 24 heavy (non-hydrogen) atoms. The van der Waals surface area contributed by atoms with Gasteiger partial charge in [-0.25, -0.2) is 4.68 Å². The van der Waals surface area contributed by atoms with Gasteiger partial charge in [0.05, 0.1) is 11.4 Å². The quantitative estimate of drug-likeness (QED) is 0.651. The van der Waals surface area contributed by atoms with Crippen molar-refractivity contribution >= 4 is 51.0 Å². The number of hydrogen-bond donors (Lipinski definition) is 1. The lowest BCUT2D eigenvalue weighted by molar-refractivity contribution is 0.0994. The summed E-state index contributed by atoms with van der Waals surface area (Å²) in [7, 11) is 0. The number of aromatic nitrogens is 2. The molecule has 1 aliphatic heterocycles. The Hall–Kier alpha value is -1.70. The van der Waals surface area contributed by atoms with Gasteiger partial charge in [-0.05, 0) is 52.3 Å². The smallest absolute Gasteiger partial charge is 0.292 e. The van der Waals surface area contributed by atoms with Crippen LogP contribution < -0.4 is 5.32 Å². The highest BCUT2D eigenvalue weighted by atomic mass is 79.9. The highest BCUT2D eigenvalue weighted by molar-refractivity contribution is 9.10. The van der Waals surface area contributed by atoms with Crippen molar-refractivity contribution in [3.8, 4) is 5.69 Å². The molecule has 0 fully saturated rings. The summed E-state index contributed by atoms with van der Waals surface area (Å²) >= 11 is 10.9. The predicted molar refractivity (Wildman–Crippen MR) is 97.9 cm³/mol. The van der Waals surface area contributed by atoms with Crippen molar-refractivity contribution in [2.24, 2.45) is 0 Å². The second-order valence-electron chi connectivity index (χ2n) is 5.21. The summed E-state index contributed by atoms with van der Waals surface area (Å²) in [6.07, 6.45) is 0. The molecule has 0 atom stereocenters. The number of furan rings is 1. The molecule has 0 saturated heterocycles. The summed E-state index contributed by atoms with van der Waals surface area (Å²) in [6, 6.07) is 10.7. The molecular weight excluding hydrogens is 414 g/mol. The first-order valence-corrected chi connectivity index (χ1v) is 9.45. The summed E-state index contributed by atoms with van der Waals surface area (Å²) < 4.78 is 7.59. The third-order valence-electron chi connectivity index (χ3n) is 3.65. The molecule has 3 aromatic rings. The molecule has 1 aliphatic rings. The number of thioether (sulfide) groups is 1. The topological polar surface area (TPSA) is 60.1 Å². The molecule has 1 aromatic carbocycles. The second-order valence-corrected chi connectivity index (χ2v) is 7.42. The molecule has 122 valence electrons. The minimum Gasteiger partial charge on any atom is -0.444 e. The van der Waals surface area contributed by atoms with Crippen LogP contribution in [0.3, 0.4) is 0 Å². The van der Waals surface area contributed by atoms with Crippen molar-refractivity contribution in [3.05, 3.63) is 63.1 Å². The molecule has 8 heteroatoms. The molecule has 0 bridgehead atoms. The Morgan fingerprint density at radius 2 is 2.04 bits per heavy atom. The minimum absolute atomic E-state index is 0.241. The van der Waals surface area contributed by atoms with Crippen molar-refractivity contribution in [2.45, 2.75) is 11.5 Å². The van der Waals surface area contributed by atoms with Gasteiger partial charge in [-0.1, -0.05) is 11.6 Å². The summed E-state index contributed by atoms with van der Waals surface area (Å²) in [6.45, 7) is 0. The van der Waals surface area contributed by atoms with Crippen LogP contribution in [0, 0.1) is 0 Å². The molecule has 0 spiro atoms. The highest BCUT2D eigenvalue weighted by Crippen LogP contribution is 2.36. The molecule has 4 rings (SSSR count). The van der Waals surface area contributed by atoms with Gasteiger partial charge >= 0.3 is 0 Å². The van der Waals surface area contributed by atoms with Gasteiger partial charge in [-0.3, -0.25) is 4.79 Å². The number of rotatable bonds is 3. The number of nitrogens with one attached hydrogen (secondary N) is 1. The Kier molecular flexibility index (Phi) is 4.15. The molecule has 0 aliphatic carbocycles. The first kappa shape index (κ1) is 15.8. The van der Waals surface area contributed by atoms with Crippen LogP contribution in [0.25, 0.3) is 5.69 Å². The second kappa shape index (κ2) is 6.31. The fourth-order valence-corrected chi connectivity index (χ4v) is 3.98. The monoisotopic (exact) mass is 423 g/mol. The Balaban J connectivity index is 1.73. The molecule has 5 nitrogen and oxygen atoms in total. The van der Waals surface area contributed by atoms with Gasteiger partial charge in [0.15, 0.2) is 10.4 Å². The van der Waals surface area contributed by atoms with Crippen molar-refractivity contribution in [3.63, 3.8) is 0 Å². The fourth-order valence-electron chi connectivity index (χ4n) is 2.52. The van der Waals surface area contributed by atoms with E-state index in [9.17, 15) is 4.79 Å². The average molecular weight is 425 g/mol. The average Bonchev–Trinajstić information content (AvgIpc) is 3.26. The number of anilines is 1. The van der Waals surface area contributed by atoms with Gasteiger partial charge in [0.25, 0.3) is 5.91 Å². The molecule has 0 radical (unpaired) electrons. The number of hydrogen-bond acceptors (Lipinski definition) is 4. The maximum absolute atomic E-state index is 12.5. The number of carbonyl (C=O) groups excluding carboxylic acids is 1. The maximum atomic E-state index is 12.5. The Labute approximate surface area is 155 Å². The van der Waals surface area contributed by atoms with Crippen molar-refractivity contribution < 1.29 is 9.21 Å². The number of carbonyl (C=O) groups is 1. The summed E-state index contributed by atoms with van der Waals surface area (Å²) in [5, 5.41) is 8.23.